The minimum Gasteiger partial charge on any atom is -0.324 e. The molecule has 1 unspecified atom stereocenters. The molecule has 0 spiro atoms. The second-order valence-electron chi connectivity index (χ2n) is 5.00. The SMILES string of the molecule is CCc1cnccc1C(N)Cc1csc2ccccc12. The van der Waals surface area contributed by atoms with Crippen LogP contribution in [0.4, 0.5) is 0 Å². The summed E-state index contributed by atoms with van der Waals surface area (Å²) in [4.78, 5) is 4.19. The van der Waals surface area contributed by atoms with Crippen LogP contribution in [0.15, 0.2) is 48.1 Å². The summed E-state index contributed by atoms with van der Waals surface area (Å²) >= 11 is 1.79. The molecule has 2 heterocycles. The van der Waals surface area contributed by atoms with E-state index in [1.165, 1.54) is 26.8 Å². The molecule has 3 heteroatoms. The average Bonchev–Trinajstić information content (AvgIpc) is 2.90. The molecule has 0 aliphatic rings. The lowest BCUT2D eigenvalue weighted by atomic mass is 9.96. The van der Waals surface area contributed by atoms with Gasteiger partial charge in [0.25, 0.3) is 0 Å². The summed E-state index contributed by atoms with van der Waals surface area (Å²) in [6.07, 6.45) is 5.61. The molecule has 0 aliphatic carbocycles. The lowest BCUT2D eigenvalue weighted by molar-refractivity contribution is 0.714. The smallest absolute Gasteiger partial charge is 0.0345 e. The van der Waals surface area contributed by atoms with Crippen LogP contribution in [0.2, 0.25) is 0 Å². The minimum absolute atomic E-state index is 0.0333. The van der Waals surface area contributed by atoms with Crippen molar-refractivity contribution < 1.29 is 0 Å². The van der Waals surface area contributed by atoms with Crippen LogP contribution in [0.5, 0.6) is 0 Å². The first-order valence-corrected chi connectivity index (χ1v) is 7.81. The van der Waals surface area contributed by atoms with E-state index in [1.54, 1.807) is 11.3 Å². The Bertz CT molecular complexity index is 718. The Morgan fingerprint density at radius 1 is 1.20 bits per heavy atom. The van der Waals surface area contributed by atoms with E-state index < -0.39 is 0 Å². The summed E-state index contributed by atoms with van der Waals surface area (Å²) in [7, 11) is 0. The van der Waals surface area contributed by atoms with Crippen molar-refractivity contribution >= 4 is 21.4 Å². The highest BCUT2D eigenvalue weighted by molar-refractivity contribution is 7.17. The third-order valence-corrected chi connectivity index (χ3v) is 4.73. The van der Waals surface area contributed by atoms with Crippen molar-refractivity contribution in [1.82, 2.24) is 4.98 Å². The molecule has 20 heavy (non-hydrogen) atoms. The number of nitrogens with zero attached hydrogens (tertiary/aromatic N) is 1. The van der Waals surface area contributed by atoms with Crippen LogP contribution in [0, 0.1) is 0 Å². The van der Waals surface area contributed by atoms with E-state index >= 15 is 0 Å². The molecule has 0 amide bonds. The summed E-state index contributed by atoms with van der Waals surface area (Å²) in [5.74, 6) is 0. The molecule has 1 atom stereocenters. The summed E-state index contributed by atoms with van der Waals surface area (Å²) < 4.78 is 1.33. The van der Waals surface area contributed by atoms with Crippen molar-refractivity contribution in [2.75, 3.05) is 0 Å². The van der Waals surface area contributed by atoms with Crippen LogP contribution < -0.4 is 5.73 Å². The van der Waals surface area contributed by atoms with Gasteiger partial charge in [-0.25, -0.2) is 0 Å². The van der Waals surface area contributed by atoms with Gasteiger partial charge in [-0.1, -0.05) is 25.1 Å². The van der Waals surface area contributed by atoms with E-state index in [0.29, 0.717) is 0 Å². The van der Waals surface area contributed by atoms with Gasteiger partial charge in [0, 0.05) is 23.1 Å². The van der Waals surface area contributed by atoms with E-state index in [1.807, 2.05) is 12.4 Å². The van der Waals surface area contributed by atoms with E-state index in [4.69, 9.17) is 5.73 Å². The molecule has 3 rings (SSSR count). The number of aryl methyl sites for hydroxylation is 1. The maximum atomic E-state index is 6.43. The minimum atomic E-state index is 0.0333. The Morgan fingerprint density at radius 3 is 2.90 bits per heavy atom. The highest BCUT2D eigenvalue weighted by atomic mass is 32.1. The van der Waals surface area contributed by atoms with Gasteiger partial charge in [-0.15, -0.1) is 11.3 Å². The van der Waals surface area contributed by atoms with Gasteiger partial charge in [0.1, 0.15) is 0 Å². The van der Waals surface area contributed by atoms with Gasteiger partial charge in [-0.2, -0.15) is 0 Å². The summed E-state index contributed by atoms with van der Waals surface area (Å²) in [5.41, 5.74) is 10.2. The molecule has 0 saturated carbocycles. The molecule has 0 aliphatic heterocycles. The number of fused-ring (bicyclic) bond motifs is 1. The molecule has 0 bridgehead atoms. The molecule has 0 saturated heterocycles. The van der Waals surface area contributed by atoms with Gasteiger partial charge < -0.3 is 5.73 Å². The molecule has 2 N–H and O–H groups in total. The fourth-order valence-corrected chi connectivity index (χ4v) is 3.61. The predicted octanol–water partition coefficient (Wildman–Crippen LogP) is 4.10. The molecule has 0 radical (unpaired) electrons. The molecule has 102 valence electrons. The van der Waals surface area contributed by atoms with Crippen molar-refractivity contribution in [2.45, 2.75) is 25.8 Å². The van der Waals surface area contributed by atoms with Crippen LogP contribution in [0.3, 0.4) is 0 Å². The van der Waals surface area contributed by atoms with Crippen molar-refractivity contribution in [3.63, 3.8) is 0 Å². The zero-order chi connectivity index (χ0) is 13.9. The Labute approximate surface area is 123 Å². The first-order valence-electron chi connectivity index (χ1n) is 6.93. The van der Waals surface area contributed by atoms with Crippen LogP contribution >= 0.6 is 11.3 Å². The fourth-order valence-electron chi connectivity index (χ4n) is 2.63. The number of aromatic nitrogens is 1. The van der Waals surface area contributed by atoms with E-state index in [2.05, 4.69) is 47.6 Å². The first-order chi connectivity index (χ1) is 9.79. The van der Waals surface area contributed by atoms with Gasteiger partial charge in [0.05, 0.1) is 0 Å². The van der Waals surface area contributed by atoms with Crippen LogP contribution in [-0.4, -0.2) is 4.98 Å². The molecular weight excluding hydrogens is 264 g/mol. The summed E-state index contributed by atoms with van der Waals surface area (Å²) in [6, 6.07) is 10.6. The standard InChI is InChI=1S/C17H18N2S/c1-2-12-10-19-8-7-14(12)16(18)9-13-11-20-17-6-4-3-5-15(13)17/h3-8,10-11,16H,2,9,18H2,1H3. The van der Waals surface area contributed by atoms with Crippen molar-refractivity contribution in [3.8, 4) is 0 Å². The van der Waals surface area contributed by atoms with E-state index in [0.717, 1.165) is 12.8 Å². The van der Waals surface area contributed by atoms with Crippen LogP contribution in [-0.2, 0) is 12.8 Å². The largest absolute Gasteiger partial charge is 0.324 e. The Morgan fingerprint density at radius 2 is 2.05 bits per heavy atom. The van der Waals surface area contributed by atoms with Crippen LogP contribution in [0.1, 0.15) is 29.7 Å². The molecule has 1 aromatic carbocycles. The number of hydrogen-bond acceptors (Lipinski definition) is 3. The highest BCUT2D eigenvalue weighted by Crippen LogP contribution is 2.29. The molecule has 3 aromatic rings. The number of nitrogens with two attached hydrogens (primary N) is 1. The fraction of sp³-hybridized carbons (Fsp3) is 0.235. The topological polar surface area (TPSA) is 38.9 Å². The number of pyridine rings is 1. The van der Waals surface area contributed by atoms with Crippen molar-refractivity contribution in [3.05, 3.63) is 64.8 Å². The monoisotopic (exact) mass is 282 g/mol. The van der Waals surface area contributed by atoms with Gasteiger partial charge in [0.2, 0.25) is 0 Å². The quantitative estimate of drug-likeness (QED) is 0.782. The van der Waals surface area contributed by atoms with E-state index in [-0.39, 0.29) is 6.04 Å². The molecule has 0 fully saturated rings. The normalized spacial score (nSPS) is 12.7. The predicted molar refractivity (Wildman–Crippen MR) is 86.1 cm³/mol. The van der Waals surface area contributed by atoms with Crippen LogP contribution in [0.25, 0.3) is 10.1 Å². The number of thiophene rings is 1. The maximum absolute atomic E-state index is 6.43. The molecule has 2 nitrogen and oxygen atoms in total. The lowest BCUT2D eigenvalue weighted by Gasteiger charge is -2.15. The number of benzene rings is 1. The first kappa shape index (κ1) is 13.3. The Kier molecular flexibility index (Phi) is 3.81. The third-order valence-electron chi connectivity index (χ3n) is 3.72. The van der Waals surface area contributed by atoms with Crippen molar-refractivity contribution in [1.29, 1.82) is 0 Å². The maximum Gasteiger partial charge on any atom is 0.0345 e. The molecular formula is C17H18N2S. The molecule has 2 aromatic heterocycles. The van der Waals surface area contributed by atoms with Gasteiger partial charge in [-0.3, -0.25) is 4.98 Å². The zero-order valence-corrected chi connectivity index (χ0v) is 12.4. The Hall–Kier alpha value is -1.71. The Balaban J connectivity index is 1.90. The second-order valence-corrected chi connectivity index (χ2v) is 5.91. The van der Waals surface area contributed by atoms with Gasteiger partial charge >= 0.3 is 0 Å². The number of hydrogen-bond donors (Lipinski definition) is 1. The summed E-state index contributed by atoms with van der Waals surface area (Å²) in [6.45, 7) is 2.15. The third kappa shape index (κ3) is 2.47. The van der Waals surface area contributed by atoms with Crippen molar-refractivity contribution in [2.24, 2.45) is 5.73 Å². The highest BCUT2D eigenvalue weighted by Gasteiger charge is 2.13. The lowest BCUT2D eigenvalue weighted by Crippen LogP contribution is -2.15. The summed E-state index contributed by atoms with van der Waals surface area (Å²) in [5, 5.41) is 3.57. The zero-order valence-electron chi connectivity index (χ0n) is 11.5. The van der Waals surface area contributed by atoms with Gasteiger partial charge in [-0.05, 0) is 52.4 Å². The van der Waals surface area contributed by atoms with Gasteiger partial charge in [0.15, 0.2) is 0 Å². The van der Waals surface area contributed by atoms with E-state index in [9.17, 15) is 0 Å². The second kappa shape index (κ2) is 5.73. The average molecular weight is 282 g/mol. The number of rotatable bonds is 4.